The molecule has 2 N–H and O–H groups in total. The standard InChI is InChI=1S/C22H34N4O2/c1-16(14-21-22(27)23-8-3-13-28-21)24-20-7-6-18(15-19(20)17-4-5-17)26-11-9-25(2)10-12-26/h6-7,15-17,21,24H,3-5,8-14H2,1-2H3,(H,23,27). The maximum Gasteiger partial charge on any atom is 0.249 e. The largest absolute Gasteiger partial charge is 0.382 e. The summed E-state index contributed by atoms with van der Waals surface area (Å²) in [5.74, 6) is 0.707. The zero-order chi connectivity index (χ0) is 19.5. The van der Waals surface area contributed by atoms with E-state index in [0.717, 1.165) is 39.1 Å². The Morgan fingerprint density at radius 3 is 2.79 bits per heavy atom. The van der Waals surface area contributed by atoms with Crippen LogP contribution < -0.4 is 15.5 Å². The molecule has 3 fully saturated rings. The molecule has 0 bridgehead atoms. The normalized spacial score (nSPS) is 25.1. The lowest BCUT2D eigenvalue weighted by Crippen LogP contribution is -2.44. The number of nitrogens with one attached hydrogen (secondary N) is 2. The lowest BCUT2D eigenvalue weighted by Gasteiger charge is -2.34. The molecule has 2 saturated heterocycles. The second-order valence-corrected chi connectivity index (χ2v) is 8.62. The fourth-order valence-electron chi connectivity index (χ4n) is 4.19. The van der Waals surface area contributed by atoms with Crippen LogP contribution in [0.2, 0.25) is 0 Å². The fourth-order valence-corrected chi connectivity index (χ4v) is 4.19. The van der Waals surface area contributed by atoms with Crippen LogP contribution in [0.4, 0.5) is 11.4 Å². The fraction of sp³-hybridized carbons (Fsp3) is 0.682. The molecule has 2 unspecified atom stereocenters. The Kier molecular flexibility index (Phi) is 6.07. The third kappa shape index (κ3) is 4.78. The van der Waals surface area contributed by atoms with Gasteiger partial charge < -0.3 is 25.2 Å². The van der Waals surface area contributed by atoms with Gasteiger partial charge in [-0.2, -0.15) is 0 Å². The SMILES string of the molecule is CC(CC1OCCCNC1=O)Nc1ccc(N2CCN(C)CC2)cc1C1CC1. The molecule has 28 heavy (non-hydrogen) atoms. The predicted molar refractivity (Wildman–Crippen MR) is 113 cm³/mol. The molecule has 1 aromatic rings. The number of nitrogens with zero attached hydrogens (tertiary/aromatic N) is 2. The minimum absolute atomic E-state index is 0.0268. The molecule has 6 heteroatoms. The van der Waals surface area contributed by atoms with E-state index in [-0.39, 0.29) is 18.1 Å². The van der Waals surface area contributed by atoms with E-state index in [9.17, 15) is 4.79 Å². The number of carbonyl (C=O) groups is 1. The number of carbonyl (C=O) groups excluding carboxylic acids is 1. The first kappa shape index (κ1) is 19.5. The van der Waals surface area contributed by atoms with Crippen molar-refractivity contribution >= 4 is 17.3 Å². The quantitative estimate of drug-likeness (QED) is 0.786. The van der Waals surface area contributed by atoms with E-state index in [2.05, 4.69) is 52.6 Å². The molecule has 1 saturated carbocycles. The Balaban J connectivity index is 1.42. The van der Waals surface area contributed by atoms with Gasteiger partial charge in [0.1, 0.15) is 6.10 Å². The third-order valence-corrected chi connectivity index (χ3v) is 6.12. The summed E-state index contributed by atoms with van der Waals surface area (Å²) < 4.78 is 5.76. The monoisotopic (exact) mass is 386 g/mol. The highest BCUT2D eigenvalue weighted by Crippen LogP contribution is 2.45. The minimum Gasteiger partial charge on any atom is -0.382 e. The number of anilines is 2. The Bertz CT molecular complexity index is 683. The molecule has 2 aliphatic heterocycles. The molecule has 2 atom stereocenters. The van der Waals surface area contributed by atoms with Gasteiger partial charge in [-0.05, 0) is 62.9 Å². The molecule has 0 aromatic heterocycles. The summed E-state index contributed by atoms with van der Waals surface area (Å²) >= 11 is 0. The van der Waals surface area contributed by atoms with Gasteiger partial charge in [0.25, 0.3) is 0 Å². The van der Waals surface area contributed by atoms with Crippen LogP contribution in [0.1, 0.15) is 44.1 Å². The number of rotatable bonds is 6. The summed E-state index contributed by atoms with van der Waals surface area (Å²) in [5, 5.41) is 6.62. The molecule has 1 aliphatic carbocycles. The molecule has 2 heterocycles. The number of hydrogen-bond donors (Lipinski definition) is 2. The molecule has 6 nitrogen and oxygen atoms in total. The van der Waals surface area contributed by atoms with E-state index in [1.54, 1.807) is 0 Å². The number of amides is 1. The highest BCUT2D eigenvalue weighted by molar-refractivity contribution is 5.81. The van der Waals surface area contributed by atoms with Crippen LogP contribution in [-0.4, -0.2) is 69.3 Å². The predicted octanol–water partition coefficient (Wildman–Crippen LogP) is 2.41. The van der Waals surface area contributed by atoms with Crippen molar-refractivity contribution in [2.75, 3.05) is 56.6 Å². The lowest BCUT2D eigenvalue weighted by atomic mass is 10.0. The summed E-state index contributed by atoms with van der Waals surface area (Å²) in [6.07, 6.45) is 3.80. The van der Waals surface area contributed by atoms with E-state index < -0.39 is 0 Å². The van der Waals surface area contributed by atoms with Gasteiger partial charge in [0, 0.05) is 63.2 Å². The van der Waals surface area contributed by atoms with Gasteiger partial charge in [-0.15, -0.1) is 0 Å². The van der Waals surface area contributed by atoms with Gasteiger partial charge in [0.05, 0.1) is 0 Å². The Morgan fingerprint density at radius 2 is 2.04 bits per heavy atom. The first-order valence-electron chi connectivity index (χ1n) is 10.8. The van der Waals surface area contributed by atoms with Crippen molar-refractivity contribution < 1.29 is 9.53 Å². The van der Waals surface area contributed by atoms with Crippen LogP contribution in [-0.2, 0) is 9.53 Å². The van der Waals surface area contributed by atoms with Gasteiger partial charge in [0.2, 0.25) is 5.91 Å². The van der Waals surface area contributed by atoms with Gasteiger partial charge in [-0.25, -0.2) is 0 Å². The summed E-state index contributed by atoms with van der Waals surface area (Å²) in [6.45, 7) is 7.96. The molecule has 1 amide bonds. The number of piperazine rings is 1. The van der Waals surface area contributed by atoms with E-state index in [1.807, 2.05) is 0 Å². The number of hydrogen-bond acceptors (Lipinski definition) is 5. The maximum atomic E-state index is 12.2. The minimum atomic E-state index is -0.348. The highest BCUT2D eigenvalue weighted by Gasteiger charge is 2.29. The van der Waals surface area contributed by atoms with E-state index in [4.69, 9.17) is 4.74 Å². The maximum absolute atomic E-state index is 12.2. The molecule has 1 aromatic carbocycles. The van der Waals surface area contributed by atoms with Crippen LogP contribution >= 0.6 is 0 Å². The molecule has 154 valence electrons. The Hall–Kier alpha value is -1.79. The number of likely N-dealkylation sites (N-methyl/N-ethyl adjacent to an activating group) is 1. The number of ether oxygens (including phenoxy) is 1. The molecule has 3 aliphatic rings. The summed E-state index contributed by atoms with van der Waals surface area (Å²) in [4.78, 5) is 17.1. The molecular formula is C22H34N4O2. The molecular weight excluding hydrogens is 352 g/mol. The van der Waals surface area contributed by atoms with Crippen molar-refractivity contribution in [2.45, 2.75) is 50.7 Å². The van der Waals surface area contributed by atoms with Gasteiger partial charge in [-0.3, -0.25) is 4.79 Å². The van der Waals surface area contributed by atoms with Gasteiger partial charge in [-0.1, -0.05) is 0 Å². The average Bonchev–Trinajstić information content (AvgIpc) is 3.53. The Morgan fingerprint density at radius 1 is 1.25 bits per heavy atom. The smallest absolute Gasteiger partial charge is 0.249 e. The van der Waals surface area contributed by atoms with E-state index in [0.29, 0.717) is 18.9 Å². The van der Waals surface area contributed by atoms with Crippen LogP contribution in [0, 0.1) is 0 Å². The summed E-state index contributed by atoms with van der Waals surface area (Å²) in [5.41, 5.74) is 4.01. The third-order valence-electron chi connectivity index (χ3n) is 6.12. The van der Waals surface area contributed by atoms with Crippen molar-refractivity contribution in [3.05, 3.63) is 23.8 Å². The second kappa shape index (κ2) is 8.70. The van der Waals surface area contributed by atoms with Crippen LogP contribution in [0.15, 0.2) is 18.2 Å². The summed E-state index contributed by atoms with van der Waals surface area (Å²) in [6, 6.07) is 7.07. The first-order valence-corrected chi connectivity index (χ1v) is 10.8. The van der Waals surface area contributed by atoms with Crippen molar-refractivity contribution in [1.29, 1.82) is 0 Å². The van der Waals surface area contributed by atoms with E-state index in [1.165, 1.54) is 29.8 Å². The van der Waals surface area contributed by atoms with Crippen molar-refractivity contribution in [3.63, 3.8) is 0 Å². The van der Waals surface area contributed by atoms with Crippen LogP contribution in [0.25, 0.3) is 0 Å². The average molecular weight is 387 g/mol. The van der Waals surface area contributed by atoms with Crippen molar-refractivity contribution in [2.24, 2.45) is 0 Å². The van der Waals surface area contributed by atoms with Gasteiger partial charge in [0.15, 0.2) is 0 Å². The van der Waals surface area contributed by atoms with E-state index >= 15 is 0 Å². The topological polar surface area (TPSA) is 56.8 Å². The molecule has 0 spiro atoms. The van der Waals surface area contributed by atoms with Crippen molar-refractivity contribution in [1.82, 2.24) is 10.2 Å². The zero-order valence-corrected chi connectivity index (χ0v) is 17.2. The van der Waals surface area contributed by atoms with Crippen LogP contribution in [0.5, 0.6) is 0 Å². The lowest BCUT2D eigenvalue weighted by molar-refractivity contribution is -0.131. The second-order valence-electron chi connectivity index (χ2n) is 8.62. The highest BCUT2D eigenvalue weighted by atomic mass is 16.5. The molecule has 0 radical (unpaired) electrons. The first-order chi connectivity index (χ1) is 13.6. The number of benzene rings is 1. The molecule has 4 rings (SSSR count). The van der Waals surface area contributed by atoms with Crippen molar-refractivity contribution in [3.8, 4) is 0 Å². The Labute approximate surface area is 168 Å². The summed E-state index contributed by atoms with van der Waals surface area (Å²) in [7, 11) is 2.19. The zero-order valence-electron chi connectivity index (χ0n) is 17.2. The van der Waals surface area contributed by atoms with Crippen LogP contribution in [0.3, 0.4) is 0 Å². The van der Waals surface area contributed by atoms with Gasteiger partial charge >= 0.3 is 0 Å².